The van der Waals surface area contributed by atoms with Crippen LogP contribution in [0.4, 0.5) is 20.2 Å². The van der Waals surface area contributed by atoms with Gasteiger partial charge in [0.15, 0.2) is 5.82 Å². The van der Waals surface area contributed by atoms with E-state index in [0.29, 0.717) is 22.8 Å². The van der Waals surface area contributed by atoms with Gasteiger partial charge in [-0.15, -0.1) is 0 Å². The normalized spacial score (nSPS) is 20.0. The molecule has 0 bridgehead atoms. The summed E-state index contributed by atoms with van der Waals surface area (Å²) in [5.74, 6) is -4.65. The molecule has 8 nitrogen and oxygen atoms in total. The van der Waals surface area contributed by atoms with Crippen molar-refractivity contribution < 1.29 is 18.3 Å². The summed E-state index contributed by atoms with van der Waals surface area (Å²) in [4.78, 5) is 22.0. The van der Waals surface area contributed by atoms with Gasteiger partial charge >= 0.3 is 0 Å². The third-order valence-electron chi connectivity index (χ3n) is 6.03. The fraction of sp³-hybridized carbons (Fsp3) is 0.348. The lowest BCUT2D eigenvalue weighted by Gasteiger charge is -2.26. The number of alkyl halides is 2. The average Bonchev–Trinajstić information content (AvgIpc) is 3.24. The van der Waals surface area contributed by atoms with Crippen molar-refractivity contribution >= 4 is 34.0 Å². The number of ether oxygens (including phenoxy) is 1. The second-order valence-electron chi connectivity index (χ2n) is 8.51. The van der Waals surface area contributed by atoms with Gasteiger partial charge in [0.05, 0.1) is 24.2 Å². The van der Waals surface area contributed by atoms with Crippen LogP contribution < -0.4 is 11.1 Å². The molecule has 5 N–H and O–H groups in total. The Balaban J connectivity index is 1.35. The molecule has 1 saturated carbocycles. The molecule has 5 rings (SSSR count). The molecule has 1 atom stereocenters. The lowest BCUT2D eigenvalue weighted by molar-refractivity contribution is -0.119. The number of nitrogens with one attached hydrogen (secondary N) is 3. The first kappa shape index (κ1) is 21.5. The summed E-state index contributed by atoms with van der Waals surface area (Å²) in [6, 6.07) is 10.5. The van der Waals surface area contributed by atoms with Crippen LogP contribution in [0.5, 0.6) is 0 Å². The van der Waals surface area contributed by atoms with Crippen LogP contribution >= 0.6 is 0 Å². The number of carbonyl (C=O) groups excluding carboxylic acids is 1. The van der Waals surface area contributed by atoms with Crippen LogP contribution in [0.3, 0.4) is 0 Å². The van der Waals surface area contributed by atoms with Crippen LogP contribution in [0.25, 0.3) is 11.0 Å². The molecule has 1 aliphatic heterocycles. The van der Waals surface area contributed by atoms with Gasteiger partial charge in [-0.2, -0.15) is 0 Å². The van der Waals surface area contributed by atoms with E-state index in [-0.39, 0.29) is 5.71 Å². The number of nitrogens with zero attached hydrogens (tertiary/aromatic N) is 2. The van der Waals surface area contributed by atoms with Gasteiger partial charge in [0.2, 0.25) is 5.91 Å². The second kappa shape index (κ2) is 8.20. The molecule has 2 aromatic carbocycles. The number of rotatable bonds is 6. The summed E-state index contributed by atoms with van der Waals surface area (Å²) in [6.07, 6.45) is -0.441. The van der Waals surface area contributed by atoms with E-state index in [0.717, 1.165) is 49.4 Å². The van der Waals surface area contributed by atoms with Gasteiger partial charge in [-0.25, -0.2) is 13.8 Å². The smallest absolute Gasteiger partial charge is 0.260 e. The summed E-state index contributed by atoms with van der Waals surface area (Å²) in [7, 11) is 0. The Morgan fingerprint density at radius 1 is 1.27 bits per heavy atom. The molecule has 2 fully saturated rings. The molecule has 33 heavy (non-hydrogen) atoms. The zero-order valence-corrected chi connectivity index (χ0v) is 17.8. The number of H-pyrrole nitrogens is 1. The number of halogens is 2. The van der Waals surface area contributed by atoms with E-state index in [1.54, 1.807) is 0 Å². The summed E-state index contributed by atoms with van der Waals surface area (Å²) < 4.78 is 31.7. The van der Waals surface area contributed by atoms with Crippen LogP contribution in [-0.4, -0.2) is 58.7 Å². The van der Waals surface area contributed by atoms with E-state index in [2.05, 4.69) is 20.2 Å². The first-order valence-corrected chi connectivity index (χ1v) is 10.8. The predicted molar refractivity (Wildman–Crippen MR) is 121 cm³/mol. The number of aromatic nitrogens is 2. The first-order valence-electron chi connectivity index (χ1n) is 10.8. The fourth-order valence-corrected chi connectivity index (χ4v) is 4.00. The molecule has 172 valence electrons. The van der Waals surface area contributed by atoms with Crippen molar-refractivity contribution in [3.05, 3.63) is 53.3 Å². The second-order valence-corrected chi connectivity index (χ2v) is 8.51. The van der Waals surface area contributed by atoms with Gasteiger partial charge in [-0.05, 0) is 35.9 Å². The average molecular weight is 454 g/mol. The van der Waals surface area contributed by atoms with Crippen LogP contribution in [0.1, 0.15) is 23.4 Å². The Morgan fingerprint density at radius 2 is 2.03 bits per heavy atom. The van der Waals surface area contributed by atoms with E-state index in [9.17, 15) is 13.6 Å². The van der Waals surface area contributed by atoms with Crippen molar-refractivity contribution in [1.82, 2.24) is 14.9 Å². The minimum absolute atomic E-state index is 0.0475. The SMILES string of the molecule is N=C(c1nc2ccc(CN3CCOCC3)cc2[nH]1)c1cc(NC(=O)C2CC2(F)F)ccc1N. The van der Waals surface area contributed by atoms with Gasteiger partial charge in [-0.1, -0.05) is 6.07 Å². The van der Waals surface area contributed by atoms with Crippen molar-refractivity contribution in [2.45, 2.75) is 18.9 Å². The zero-order valence-electron chi connectivity index (χ0n) is 17.8. The maximum atomic E-state index is 13.2. The van der Waals surface area contributed by atoms with Crippen molar-refractivity contribution in [3.63, 3.8) is 0 Å². The molecule has 3 aromatic rings. The number of morpholine rings is 1. The van der Waals surface area contributed by atoms with Gasteiger partial charge in [0.25, 0.3) is 5.92 Å². The van der Waals surface area contributed by atoms with E-state index < -0.39 is 24.2 Å². The largest absolute Gasteiger partial charge is 0.398 e. The van der Waals surface area contributed by atoms with E-state index in [1.165, 1.54) is 18.2 Å². The number of fused-ring (bicyclic) bond motifs is 1. The highest BCUT2D eigenvalue weighted by molar-refractivity contribution is 6.13. The molecule has 10 heteroatoms. The zero-order chi connectivity index (χ0) is 23.2. The van der Waals surface area contributed by atoms with Crippen molar-refractivity contribution in [1.29, 1.82) is 5.41 Å². The highest BCUT2D eigenvalue weighted by atomic mass is 19.3. The Labute approximate surface area is 188 Å². The van der Waals surface area contributed by atoms with E-state index in [4.69, 9.17) is 15.9 Å². The molecule has 1 amide bonds. The highest BCUT2D eigenvalue weighted by Crippen LogP contribution is 2.49. The molecule has 0 spiro atoms. The Kier molecular flexibility index (Phi) is 5.34. The van der Waals surface area contributed by atoms with E-state index in [1.807, 2.05) is 18.2 Å². The molecule has 0 radical (unpaired) electrons. The summed E-state index contributed by atoms with van der Waals surface area (Å²) in [6.45, 7) is 4.05. The summed E-state index contributed by atoms with van der Waals surface area (Å²) in [5.41, 5.74) is 9.75. The molecule has 1 unspecified atom stereocenters. The minimum Gasteiger partial charge on any atom is -0.398 e. The summed E-state index contributed by atoms with van der Waals surface area (Å²) in [5, 5.41) is 11.1. The standard InChI is InChI=1S/C23H24F2N6O2/c24-23(25)11-16(23)22(32)28-14-2-3-17(26)15(10-14)20(27)21-29-18-4-1-13(9-19(18)30-21)12-31-5-7-33-8-6-31/h1-4,9-10,16,27H,5-8,11-12,26H2,(H,28,32)(H,29,30). The maximum absolute atomic E-state index is 13.2. The predicted octanol–water partition coefficient (Wildman–Crippen LogP) is 2.99. The van der Waals surface area contributed by atoms with E-state index >= 15 is 0 Å². The number of carbonyl (C=O) groups is 1. The molecule has 2 aliphatic rings. The number of imidazole rings is 1. The number of anilines is 2. The number of nitrogen functional groups attached to an aromatic ring is 1. The van der Waals surface area contributed by atoms with Gasteiger partial charge in [0.1, 0.15) is 11.6 Å². The molecular formula is C23H24F2N6O2. The Hall–Kier alpha value is -3.37. The quantitative estimate of drug-likeness (QED) is 0.337. The number of aromatic amines is 1. The van der Waals surface area contributed by atoms with Gasteiger partial charge < -0.3 is 20.8 Å². The highest BCUT2D eigenvalue weighted by Gasteiger charge is 2.61. The number of hydrogen-bond donors (Lipinski definition) is 4. The van der Waals surface area contributed by atoms with Crippen molar-refractivity contribution in [3.8, 4) is 0 Å². The fourth-order valence-electron chi connectivity index (χ4n) is 4.00. The van der Waals surface area contributed by atoms with Crippen LogP contribution in [0.15, 0.2) is 36.4 Å². The van der Waals surface area contributed by atoms with Crippen LogP contribution in [-0.2, 0) is 16.1 Å². The van der Waals surface area contributed by atoms with Crippen molar-refractivity contribution in [2.75, 3.05) is 37.4 Å². The minimum atomic E-state index is -2.94. The molecule has 1 saturated heterocycles. The lowest BCUT2D eigenvalue weighted by atomic mass is 10.1. The number of hydrogen-bond acceptors (Lipinski definition) is 6. The maximum Gasteiger partial charge on any atom is 0.260 e. The summed E-state index contributed by atoms with van der Waals surface area (Å²) >= 11 is 0. The molecule has 1 aromatic heterocycles. The number of amides is 1. The van der Waals surface area contributed by atoms with Gasteiger partial charge in [0, 0.05) is 43.0 Å². The third-order valence-corrected chi connectivity index (χ3v) is 6.03. The topological polar surface area (TPSA) is 120 Å². The lowest BCUT2D eigenvalue weighted by Crippen LogP contribution is -2.35. The third kappa shape index (κ3) is 4.44. The number of nitrogens with two attached hydrogens (primary N) is 1. The monoisotopic (exact) mass is 454 g/mol. The first-order chi connectivity index (χ1) is 15.8. The van der Waals surface area contributed by atoms with Gasteiger partial charge in [-0.3, -0.25) is 15.1 Å². The molecule has 1 aliphatic carbocycles. The van der Waals surface area contributed by atoms with Crippen molar-refractivity contribution in [2.24, 2.45) is 5.92 Å². The Bertz CT molecular complexity index is 1230. The van der Waals surface area contributed by atoms with Crippen LogP contribution in [0.2, 0.25) is 0 Å². The molecular weight excluding hydrogens is 430 g/mol. The van der Waals surface area contributed by atoms with Crippen LogP contribution in [0, 0.1) is 11.3 Å². The molecule has 2 heterocycles. The number of benzene rings is 2. The Morgan fingerprint density at radius 3 is 2.76 bits per heavy atom.